The lowest BCUT2D eigenvalue weighted by molar-refractivity contribution is -0.0447. The number of aromatic nitrogens is 1. The quantitative estimate of drug-likeness (QED) is 0.856. The van der Waals surface area contributed by atoms with E-state index in [9.17, 15) is 4.39 Å². The average Bonchev–Trinajstić information content (AvgIpc) is 3.26. The van der Waals surface area contributed by atoms with E-state index in [2.05, 4.69) is 9.88 Å². The third-order valence-corrected chi connectivity index (χ3v) is 5.16. The Morgan fingerprint density at radius 3 is 2.91 bits per heavy atom. The van der Waals surface area contributed by atoms with Crippen LogP contribution in [0.2, 0.25) is 0 Å². The second-order valence-electron chi connectivity index (χ2n) is 6.97. The molecule has 0 amide bonds. The van der Waals surface area contributed by atoms with Gasteiger partial charge in [-0.2, -0.15) is 0 Å². The Labute approximate surface area is 130 Å². The summed E-state index contributed by atoms with van der Waals surface area (Å²) in [6, 6.07) is 2.95. The van der Waals surface area contributed by atoms with Crippen LogP contribution in [0, 0.1) is 11.7 Å². The minimum Gasteiger partial charge on any atom is -0.470 e. The number of hydrogen-bond donors (Lipinski definition) is 0. The van der Waals surface area contributed by atoms with Crippen LogP contribution in [0.4, 0.5) is 4.39 Å². The second-order valence-corrected chi connectivity index (χ2v) is 6.97. The van der Waals surface area contributed by atoms with Gasteiger partial charge in [0.05, 0.1) is 12.2 Å². The zero-order valence-electron chi connectivity index (χ0n) is 12.8. The lowest BCUT2D eigenvalue weighted by atomic mass is 9.88. The SMILES string of the molecule is Fc1cccnc1OC1COC2(CCN(CC3CC3)CC2)C1. The van der Waals surface area contributed by atoms with Crippen LogP contribution in [0.5, 0.6) is 5.88 Å². The number of rotatable bonds is 4. The Balaban J connectivity index is 1.31. The van der Waals surface area contributed by atoms with Gasteiger partial charge in [0, 0.05) is 32.3 Å². The summed E-state index contributed by atoms with van der Waals surface area (Å²) in [6.07, 6.45) is 7.25. The van der Waals surface area contributed by atoms with Gasteiger partial charge >= 0.3 is 0 Å². The van der Waals surface area contributed by atoms with E-state index in [1.165, 1.54) is 25.5 Å². The van der Waals surface area contributed by atoms with Gasteiger partial charge < -0.3 is 14.4 Å². The lowest BCUT2D eigenvalue weighted by Crippen LogP contribution is -2.45. The molecule has 1 aromatic rings. The standard InChI is InChI=1S/C17H23FN2O2/c18-15-2-1-7-19-16(15)22-14-10-17(21-12-14)5-8-20(9-6-17)11-13-3-4-13/h1-2,7,13-14H,3-6,8-12H2. The fourth-order valence-electron chi connectivity index (χ4n) is 3.65. The largest absolute Gasteiger partial charge is 0.470 e. The third kappa shape index (κ3) is 3.10. The van der Waals surface area contributed by atoms with Gasteiger partial charge in [0.2, 0.25) is 0 Å². The zero-order chi connectivity index (χ0) is 15.0. The summed E-state index contributed by atoms with van der Waals surface area (Å²) in [5.74, 6) is 0.642. The number of halogens is 1. The average molecular weight is 306 g/mol. The topological polar surface area (TPSA) is 34.6 Å². The van der Waals surface area contributed by atoms with Crippen LogP contribution in [0.15, 0.2) is 18.3 Å². The highest BCUT2D eigenvalue weighted by Crippen LogP contribution is 2.38. The summed E-state index contributed by atoms with van der Waals surface area (Å²) in [4.78, 5) is 6.53. The van der Waals surface area contributed by atoms with E-state index in [0.29, 0.717) is 6.61 Å². The molecule has 3 fully saturated rings. The smallest absolute Gasteiger partial charge is 0.250 e. The number of likely N-dealkylation sites (tertiary alicyclic amines) is 1. The highest BCUT2D eigenvalue weighted by molar-refractivity contribution is 5.13. The zero-order valence-corrected chi connectivity index (χ0v) is 12.8. The highest BCUT2D eigenvalue weighted by atomic mass is 19.1. The minimum absolute atomic E-state index is 0.0595. The highest BCUT2D eigenvalue weighted by Gasteiger charge is 2.44. The normalized spacial score (nSPS) is 28.1. The first-order chi connectivity index (χ1) is 10.7. The van der Waals surface area contributed by atoms with Gasteiger partial charge in [-0.05, 0) is 43.7 Å². The van der Waals surface area contributed by atoms with E-state index in [1.807, 2.05) is 0 Å². The predicted octanol–water partition coefficient (Wildman–Crippen LogP) is 2.63. The van der Waals surface area contributed by atoms with Gasteiger partial charge in [0.15, 0.2) is 5.82 Å². The molecule has 22 heavy (non-hydrogen) atoms. The number of hydrogen-bond acceptors (Lipinski definition) is 4. The number of ether oxygens (including phenoxy) is 2. The van der Waals surface area contributed by atoms with Crippen LogP contribution in [0.1, 0.15) is 32.1 Å². The van der Waals surface area contributed by atoms with Crippen molar-refractivity contribution in [1.29, 1.82) is 0 Å². The molecule has 2 saturated heterocycles. The van der Waals surface area contributed by atoms with Crippen molar-refractivity contribution < 1.29 is 13.9 Å². The maximum atomic E-state index is 13.6. The molecule has 3 heterocycles. The van der Waals surface area contributed by atoms with Crippen LogP contribution in [-0.4, -0.2) is 47.8 Å². The van der Waals surface area contributed by atoms with Gasteiger partial charge in [-0.1, -0.05) is 0 Å². The molecule has 1 spiro atoms. The Kier molecular flexibility index (Phi) is 3.78. The van der Waals surface area contributed by atoms with E-state index < -0.39 is 5.82 Å². The van der Waals surface area contributed by atoms with Crippen molar-refractivity contribution in [3.63, 3.8) is 0 Å². The monoisotopic (exact) mass is 306 g/mol. The summed E-state index contributed by atoms with van der Waals surface area (Å²) in [5.41, 5.74) is -0.0595. The van der Waals surface area contributed by atoms with Crippen LogP contribution in [0.3, 0.4) is 0 Å². The summed E-state index contributed by atoms with van der Waals surface area (Å²) < 4.78 is 25.4. The Morgan fingerprint density at radius 1 is 1.36 bits per heavy atom. The Hall–Kier alpha value is -1.20. The van der Waals surface area contributed by atoms with E-state index in [0.717, 1.165) is 38.3 Å². The first-order valence-corrected chi connectivity index (χ1v) is 8.36. The van der Waals surface area contributed by atoms with Gasteiger partial charge in [-0.25, -0.2) is 9.37 Å². The van der Waals surface area contributed by atoms with E-state index >= 15 is 0 Å². The number of piperidine rings is 1. The van der Waals surface area contributed by atoms with E-state index in [1.54, 1.807) is 12.3 Å². The van der Waals surface area contributed by atoms with E-state index in [4.69, 9.17) is 9.47 Å². The maximum Gasteiger partial charge on any atom is 0.250 e. The third-order valence-electron chi connectivity index (χ3n) is 5.16. The molecule has 1 aliphatic carbocycles. The van der Waals surface area contributed by atoms with Gasteiger partial charge in [0.1, 0.15) is 6.10 Å². The van der Waals surface area contributed by atoms with Gasteiger partial charge in [-0.3, -0.25) is 0 Å². The first kappa shape index (κ1) is 14.4. The van der Waals surface area contributed by atoms with Crippen molar-refractivity contribution >= 4 is 0 Å². The lowest BCUT2D eigenvalue weighted by Gasteiger charge is -2.38. The molecule has 1 saturated carbocycles. The van der Waals surface area contributed by atoms with Crippen LogP contribution in [0.25, 0.3) is 0 Å². The van der Waals surface area contributed by atoms with Crippen molar-refractivity contribution in [2.45, 2.75) is 43.8 Å². The summed E-state index contributed by atoms with van der Waals surface area (Å²) in [6.45, 7) is 4.02. The van der Waals surface area contributed by atoms with E-state index in [-0.39, 0.29) is 17.6 Å². The molecular weight excluding hydrogens is 283 g/mol. The molecule has 5 heteroatoms. The fourth-order valence-corrected chi connectivity index (χ4v) is 3.65. The minimum atomic E-state index is -0.400. The number of nitrogens with zero attached hydrogens (tertiary/aromatic N) is 2. The molecule has 3 aliphatic rings. The molecule has 1 aromatic heterocycles. The molecule has 2 aliphatic heterocycles. The molecule has 0 N–H and O–H groups in total. The first-order valence-electron chi connectivity index (χ1n) is 8.36. The van der Waals surface area contributed by atoms with Crippen LogP contribution >= 0.6 is 0 Å². The van der Waals surface area contributed by atoms with Crippen LogP contribution in [-0.2, 0) is 4.74 Å². The molecule has 4 rings (SSSR count). The van der Waals surface area contributed by atoms with Crippen molar-refractivity contribution in [2.75, 3.05) is 26.2 Å². The van der Waals surface area contributed by atoms with Crippen LogP contribution < -0.4 is 4.74 Å². The fraction of sp³-hybridized carbons (Fsp3) is 0.706. The molecule has 1 unspecified atom stereocenters. The Morgan fingerprint density at radius 2 is 2.18 bits per heavy atom. The van der Waals surface area contributed by atoms with Crippen molar-refractivity contribution in [2.24, 2.45) is 5.92 Å². The Bertz CT molecular complexity index is 527. The van der Waals surface area contributed by atoms with Crippen molar-refractivity contribution in [3.8, 4) is 5.88 Å². The molecule has 0 radical (unpaired) electrons. The molecule has 120 valence electrons. The summed E-state index contributed by atoms with van der Waals surface area (Å²) in [7, 11) is 0. The maximum absolute atomic E-state index is 13.6. The van der Waals surface area contributed by atoms with Gasteiger partial charge in [-0.15, -0.1) is 0 Å². The summed E-state index contributed by atoms with van der Waals surface area (Å²) in [5, 5.41) is 0. The predicted molar refractivity (Wildman–Crippen MR) is 80.3 cm³/mol. The molecule has 0 aromatic carbocycles. The number of pyridine rings is 1. The van der Waals surface area contributed by atoms with Gasteiger partial charge in [0.25, 0.3) is 5.88 Å². The molecule has 0 bridgehead atoms. The van der Waals surface area contributed by atoms with Crippen molar-refractivity contribution in [1.82, 2.24) is 9.88 Å². The second kappa shape index (κ2) is 5.78. The molecule has 1 atom stereocenters. The summed E-state index contributed by atoms with van der Waals surface area (Å²) >= 11 is 0. The van der Waals surface area contributed by atoms with Crippen molar-refractivity contribution in [3.05, 3.63) is 24.1 Å². The molecule has 4 nitrogen and oxygen atoms in total. The molecular formula is C17H23FN2O2.